The monoisotopic (exact) mass is 315 g/mol. The van der Waals surface area contributed by atoms with Crippen molar-refractivity contribution in [3.63, 3.8) is 0 Å². The number of piperidine rings is 1. The van der Waals surface area contributed by atoms with Gasteiger partial charge >= 0.3 is 0 Å². The zero-order valence-corrected chi connectivity index (χ0v) is 14.2. The van der Waals surface area contributed by atoms with Gasteiger partial charge < -0.3 is 10.2 Å². The molecule has 4 nitrogen and oxygen atoms in total. The Morgan fingerprint density at radius 1 is 1.17 bits per heavy atom. The highest BCUT2D eigenvalue weighted by atomic mass is 16.2. The van der Waals surface area contributed by atoms with Crippen LogP contribution in [-0.4, -0.2) is 55.0 Å². The Morgan fingerprint density at radius 3 is 2.78 bits per heavy atom. The molecule has 2 aliphatic rings. The number of nitrogens with one attached hydrogen (secondary N) is 1. The lowest BCUT2D eigenvalue weighted by molar-refractivity contribution is -0.137. The van der Waals surface area contributed by atoms with E-state index >= 15 is 0 Å². The minimum atomic E-state index is 0.0808. The summed E-state index contributed by atoms with van der Waals surface area (Å²) in [7, 11) is 1.99. The van der Waals surface area contributed by atoms with Crippen molar-refractivity contribution in [2.24, 2.45) is 5.92 Å². The van der Waals surface area contributed by atoms with Gasteiger partial charge in [-0.3, -0.25) is 9.69 Å². The van der Waals surface area contributed by atoms with Gasteiger partial charge in [0.25, 0.3) is 0 Å². The number of hydrogen-bond acceptors (Lipinski definition) is 3. The Labute approximate surface area is 139 Å². The fraction of sp³-hybridized carbons (Fsp3) is 0.632. The molecule has 23 heavy (non-hydrogen) atoms. The van der Waals surface area contributed by atoms with Gasteiger partial charge in [-0.05, 0) is 50.9 Å². The van der Waals surface area contributed by atoms with E-state index in [-0.39, 0.29) is 6.04 Å². The molecule has 0 aliphatic carbocycles. The SMILES string of the molecule is CNC[C@H]1CCN(C(=O)[C@@H]2CCCCN2Cc2ccccc2)C1. The molecule has 1 amide bonds. The van der Waals surface area contributed by atoms with E-state index in [1.807, 2.05) is 7.05 Å². The summed E-state index contributed by atoms with van der Waals surface area (Å²) in [4.78, 5) is 17.5. The highest BCUT2D eigenvalue weighted by Gasteiger charge is 2.34. The second kappa shape index (κ2) is 7.93. The Balaban J connectivity index is 1.63. The lowest BCUT2D eigenvalue weighted by Crippen LogP contribution is -2.50. The van der Waals surface area contributed by atoms with Crippen molar-refractivity contribution in [1.82, 2.24) is 15.1 Å². The van der Waals surface area contributed by atoms with E-state index in [1.54, 1.807) is 0 Å². The van der Waals surface area contributed by atoms with Crippen molar-refractivity contribution >= 4 is 5.91 Å². The zero-order chi connectivity index (χ0) is 16.1. The lowest BCUT2D eigenvalue weighted by Gasteiger charge is -2.36. The Morgan fingerprint density at radius 2 is 2.00 bits per heavy atom. The van der Waals surface area contributed by atoms with Crippen LogP contribution in [0.3, 0.4) is 0 Å². The molecule has 2 saturated heterocycles. The smallest absolute Gasteiger partial charge is 0.239 e. The number of carbonyl (C=O) groups is 1. The predicted molar refractivity (Wildman–Crippen MR) is 93.1 cm³/mol. The van der Waals surface area contributed by atoms with Gasteiger partial charge in [0.05, 0.1) is 6.04 Å². The van der Waals surface area contributed by atoms with Crippen molar-refractivity contribution < 1.29 is 4.79 Å². The van der Waals surface area contributed by atoms with Gasteiger partial charge in [0.1, 0.15) is 0 Å². The molecule has 1 aromatic carbocycles. The molecule has 0 unspecified atom stereocenters. The average Bonchev–Trinajstić information content (AvgIpc) is 3.05. The summed E-state index contributed by atoms with van der Waals surface area (Å²) in [5.41, 5.74) is 1.31. The zero-order valence-electron chi connectivity index (χ0n) is 14.2. The number of rotatable bonds is 5. The fourth-order valence-corrected chi connectivity index (χ4v) is 3.98. The van der Waals surface area contributed by atoms with Crippen LogP contribution in [0.4, 0.5) is 0 Å². The van der Waals surface area contributed by atoms with E-state index in [4.69, 9.17) is 0 Å². The predicted octanol–water partition coefficient (Wildman–Crippen LogP) is 2.11. The summed E-state index contributed by atoms with van der Waals surface area (Å²) in [6.45, 7) is 4.81. The number of carbonyl (C=O) groups excluding carboxylic acids is 1. The van der Waals surface area contributed by atoms with Crippen LogP contribution in [0.1, 0.15) is 31.2 Å². The molecule has 0 aromatic heterocycles. The van der Waals surface area contributed by atoms with E-state index in [9.17, 15) is 4.79 Å². The summed E-state index contributed by atoms with van der Waals surface area (Å²) >= 11 is 0. The van der Waals surface area contributed by atoms with Gasteiger partial charge in [0.15, 0.2) is 0 Å². The van der Waals surface area contributed by atoms with Gasteiger partial charge in [-0.2, -0.15) is 0 Å². The first-order chi connectivity index (χ1) is 11.3. The Bertz CT molecular complexity index is 505. The maximum Gasteiger partial charge on any atom is 0.239 e. The molecule has 0 bridgehead atoms. The van der Waals surface area contributed by atoms with Crippen LogP contribution < -0.4 is 5.32 Å². The van der Waals surface area contributed by atoms with Crippen molar-refractivity contribution in [3.05, 3.63) is 35.9 Å². The fourth-order valence-electron chi connectivity index (χ4n) is 3.98. The second-order valence-electron chi connectivity index (χ2n) is 6.96. The third-order valence-electron chi connectivity index (χ3n) is 5.22. The summed E-state index contributed by atoms with van der Waals surface area (Å²) < 4.78 is 0. The third-order valence-corrected chi connectivity index (χ3v) is 5.22. The van der Waals surface area contributed by atoms with Gasteiger partial charge in [-0.1, -0.05) is 36.8 Å². The molecule has 2 atom stereocenters. The van der Waals surface area contributed by atoms with Gasteiger partial charge in [0, 0.05) is 19.6 Å². The number of nitrogens with zero attached hydrogens (tertiary/aromatic N) is 2. The first-order valence-corrected chi connectivity index (χ1v) is 8.99. The minimum Gasteiger partial charge on any atom is -0.341 e. The molecule has 4 heteroatoms. The molecule has 1 aromatic rings. The highest BCUT2D eigenvalue weighted by Crippen LogP contribution is 2.24. The van der Waals surface area contributed by atoms with Crippen molar-refractivity contribution in [2.75, 3.05) is 33.2 Å². The number of amides is 1. The molecule has 3 rings (SSSR count). The van der Waals surface area contributed by atoms with Crippen LogP contribution in [0, 0.1) is 5.92 Å². The molecule has 0 radical (unpaired) electrons. The van der Waals surface area contributed by atoms with Crippen LogP contribution in [-0.2, 0) is 11.3 Å². The van der Waals surface area contributed by atoms with E-state index in [0.29, 0.717) is 11.8 Å². The number of benzene rings is 1. The topological polar surface area (TPSA) is 35.6 Å². The summed E-state index contributed by atoms with van der Waals surface area (Å²) in [5, 5.41) is 3.24. The molecule has 0 spiro atoms. The molecule has 2 aliphatic heterocycles. The quantitative estimate of drug-likeness (QED) is 0.904. The van der Waals surface area contributed by atoms with E-state index in [1.165, 1.54) is 18.4 Å². The summed E-state index contributed by atoms with van der Waals surface area (Å²) in [5.74, 6) is 0.981. The normalized spacial score (nSPS) is 25.7. The summed E-state index contributed by atoms with van der Waals surface area (Å²) in [6.07, 6.45) is 4.53. The Kier molecular flexibility index (Phi) is 5.68. The van der Waals surface area contributed by atoms with Crippen molar-refractivity contribution in [1.29, 1.82) is 0 Å². The van der Waals surface area contributed by atoms with Crippen molar-refractivity contribution in [2.45, 2.75) is 38.3 Å². The van der Waals surface area contributed by atoms with E-state index < -0.39 is 0 Å². The van der Waals surface area contributed by atoms with Gasteiger partial charge in [0.2, 0.25) is 5.91 Å². The highest BCUT2D eigenvalue weighted by molar-refractivity contribution is 5.82. The molecular formula is C19H29N3O. The maximum absolute atomic E-state index is 13.0. The maximum atomic E-state index is 13.0. The second-order valence-corrected chi connectivity index (χ2v) is 6.96. The first-order valence-electron chi connectivity index (χ1n) is 8.99. The van der Waals surface area contributed by atoms with Crippen LogP contribution in [0.15, 0.2) is 30.3 Å². The molecule has 2 fully saturated rings. The van der Waals surface area contributed by atoms with Gasteiger partial charge in [-0.15, -0.1) is 0 Å². The summed E-state index contributed by atoms with van der Waals surface area (Å²) in [6, 6.07) is 10.6. The first kappa shape index (κ1) is 16.5. The molecule has 1 N–H and O–H groups in total. The Hall–Kier alpha value is -1.39. The van der Waals surface area contributed by atoms with Crippen molar-refractivity contribution in [3.8, 4) is 0 Å². The van der Waals surface area contributed by atoms with Crippen LogP contribution in [0.2, 0.25) is 0 Å². The van der Waals surface area contributed by atoms with Crippen LogP contribution >= 0.6 is 0 Å². The van der Waals surface area contributed by atoms with Gasteiger partial charge in [-0.25, -0.2) is 0 Å². The standard InChI is InChI=1S/C19H29N3O/c1-20-13-17-10-12-22(15-17)19(23)18-9-5-6-11-21(18)14-16-7-3-2-4-8-16/h2-4,7-8,17-18,20H,5-6,9-15H2,1H3/t17-,18+/m1/s1. The minimum absolute atomic E-state index is 0.0808. The van der Waals surface area contributed by atoms with E-state index in [0.717, 1.165) is 45.6 Å². The lowest BCUT2D eigenvalue weighted by atomic mass is 10.00. The molecule has 2 heterocycles. The number of hydrogen-bond donors (Lipinski definition) is 1. The third kappa shape index (κ3) is 4.12. The largest absolute Gasteiger partial charge is 0.341 e. The van der Waals surface area contributed by atoms with Crippen LogP contribution in [0.5, 0.6) is 0 Å². The number of likely N-dealkylation sites (tertiary alicyclic amines) is 2. The molecular weight excluding hydrogens is 286 g/mol. The molecule has 0 saturated carbocycles. The average molecular weight is 315 g/mol. The van der Waals surface area contributed by atoms with E-state index in [2.05, 4.69) is 45.4 Å². The molecule has 126 valence electrons. The van der Waals surface area contributed by atoms with Crippen LogP contribution in [0.25, 0.3) is 0 Å².